The number of aromatic nitrogens is 1. The predicted octanol–water partition coefficient (Wildman–Crippen LogP) is 2.35. The molecule has 1 heterocycles. The van der Waals surface area contributed by atoms with Crippen molar-refractivity contribution in [2.75, 3.05) is 11.5 Å². The van der Waals surface area contributed by atoms with Crippen LogP contribution in [0, 0.1) is 11.8 Å². The average Bonchev–Trinajstić information content (AvgIpc) is 2.19. The van der Waals surface area contributed by atoms with Gasteiger partial charge in [-0.15, -0.1) is 0 Å². The molecule has 16 heavy (non-hydrogen) atoms. The summed E-state index contributed by atoms with van der Waals surface area (Å²) in [4.78, 5) is 3.46. The van der Waals surface area contributed by atoms with Gasteiger partial charge in [0.15, 0.2) is 0 Å². The Morgan fingerprint density at radius 2 is 2.12 bits per heavy atom. The summed E-state index contributed by atoms with van der Waals surface area (Å²) in [7, 11) is 0. The highest BCUT2D eigenvalue weighted by molar-refractivity contribution is 7.80. The molecule has 0 amide bonds. The normalized spacial score (nSPS) is 10.8. The van der Waals surface area contributed by atoms with Crippen molar-refractivity contribution in [2.45, 2.75) is 12.6 Å². The van der Waals surface area contributed by atoms with Crippen LogP contribution < -0.4 is 5.73 Å². The maximum atomic E-state index is 12.4. The molecule has 0 aromatic carbocycles. The van der Waals surface area contributed by atoms with Crippen molar-refractivity contribution in [3.05, 3.63) is 23.4 Å². The highest BCUT2D eigenvalue weighted by atomic mass is 32.1. The third-order valence-corrected chi connectivity index (χ3v) is 1.92. The van der Waals surface area contributed by atoms with E-state index in [0.717, 1.165) is 6.07 Å². The summed E-state index contributed by atoms with van der Waals surface area (Å²) in [6, 6.07) is 0.897. The van der Waals surface area contributed by atoms with Gasteiger partial charge in [0.25, 0.3) is 0 Å². The van der Waals surface area contributed by atoms with E-state index in [2.05, 4.69) is 29.5 Å². The number of hydrogen-bond donors (Lipinski definition) is 2. The van der Waals surface area contributed by atoms with E-state index in [4.69, 9.17) is 5.73 Å². The summed E-state index contributed by atoms with van der Waals surface area (Å²) < 4.78 is 37.3. The zero-order chi connectivity index (χ0) is 12.2. The Kier molecular flexibility index (Phi) is 4.07. The highest BCUT2D eigenvalue weighted by Crippen LogP contribution is 2.32. The van der Waals surface area contributed by atoms with Crippen molar-refractivity contribution in [3.63, 3.8) is 0 Å². The van der Waals surface area contributed by atoms with Crippen LogP contribution in [-0.2, 0) is 6.18 Å². The minimum absolute atomic E-state index is 0.198. The molecular formula is C10H9F3N2S. The van der Waals surface area contributed by atoms with E-state index >= 15 is 0 Å². The van der Waals surface area contributed by atoms with Crippen LogP contribution in [0.3, 0.4) is 0 Å². The summed E-state index contributed by atoms with van der Waals surface area (Å²) >= 11 is 3.93. The third-order valence-electron chi connectivity index (χ3n) is 1.69. The summed E-state index contributed by atoms with van der Waals surface area (Å²) in [6.07, 6.45) is -2.77. The molecule has 86 valence electrons. The van der Waals surface area contributed by atoms with Gasteiger partial charge in [-0.1, -0.05) is 11.8 Å². The quantitative estimate of drug-likeness (QED) is 0.589. The maximum Gasteiger partial charge on any atom is 0.419 e. The van der Waals surface area contributed by atoms with Gasteiger partial charge in [-0.2, -0.15) is 25.8 Å². The van der Waals surface area contributed by atoms with Crippen LogP contribution in [0.5, 0.6) is 0 Å². The molecular weight excluding hydrogens is 237 g/mol. The molecule has 1 aromatic rings. The Morgan fingerprint density at radius 3 is 2.69 bits per heavy atom. The largest absolute Gasteiger partial charge is 0.419 e. The van der Waals surface area contributed by atoms with Gasteiger partial charge in [-0.25, -0.2) is 4.98 Å². The number of anilines is 1. The van der Waals surface area contributed by atoms with Crippen LogP contribution in [-0.4, -0.2) is 10.7 Å². The first-order valence-corrected chi connectivity index (χ1v) is 5.01. The Labute approximate surface area is 96.5 Å². The first kappa shape index (κ1) is 12.7. The number of pyridine rings is 1. The van der Waals surface area contributed by atoms with Crippen LogP contribution in [0.15, 0.2) is 12.3 Å². The van der Waals surface area contributed by atoms with Gasteiger partial charge in [0.1, 0.15) is 5.82 Å². The molecule has 0 unspecified atom stereocenters. The Morgan fingerprint density at radius 1 is 1.44 bits per heavy atom. The Hall–Kier alpha value is -1.35. The van der Waals surface area contributed by atoms with Crippen molar-refractivity contribution >= 4 is 18.4 Å². The molecule has 1 rings (SSSR count). The van der Waals surface area contributed by atoms with Crippen molar-refractivity contribution in [1.82, 2.24) is 4.98 Å². The summed E-state index contributed by atoms with van der Waals surface area (Å²) in [5, 5.41) is 0. The second kappa shape index (κ2) is 5.12. The first-order chi connectivity index (χ1) is 7.45. The van der Waals surface area contributed by atoms with E-state index in [1.165, 1.54) is 6.20 Å². The standard InChI is InChI=1S/C10H9F3N2S/c11-10(12,13)8-5-7(3-1-2-4-16)6-15-9(8)14/h5-6,16H,2,4H2,(H2,14,15). The fourth-order valence-electron chi connectivity index (χ4n) is 0.991. The van der Waals surface area contributed by atoms with E-state index in [0.29, 0.717) is 12.2 Å². The second-order valence-electron chi connectivity index (χ2n) is 2.93. The third kappa shape index (κ3) is 3.35. The minimum Gasteiger partial charge on any atom is -0.383 e. The number of halogens is 3. The molecule has 0 aliphatic rings. The molecule has 0 aliphatic heterocycles. The highest BCUT2D eigenvalue weighted by Gasteiger charge is 2.33. The lowest BCUT2D eigenvalue weighted by Gasteiger charge is -2.08. The number of nitrogens with two attached hydrogens (primary N) is 1. The lowest BCUT2D eigenvalue weighted by Crippen LogP contribution is -2.10. The number of nitrogens with zero attached hydrogens (tertiary/aromatic N) is 1. The first-order valence-electron chi connectivity index (χ1n) is 4.37. The Bertz CT molecular complexity index is 432. The molecule has 0 saturated carbocycles. The van der Waals surface area contributed by atoms with Gasteiger partial charge in [0.2, 0.25) is 0 Å². The van der Waals surface area contributed by atoms with Crippen LogP contribution in [0.25, 0.3) is 0 Å². The number of thiol groups is 1. The van der Waals surface area contributed by atoms with E-state index in [1.807, 2.05) is 0 Å². The van der Waals surface area contributed by atoms with Crippen LogP contribution in [0.1, 0.15) is 17.5 Å². The van der Waals surface area contributed by atoms with E-state index in [-0.39, 0.29) is 5.56 Å². The van der Waals surface area contributed by atoms with Crippen LogP contribution in [0.4, 0.5) is 19.0 Å². The Balaban J connectivity index is 3.05. The molecule has 0 radical (unpaired) electrons. The van der Waals surface area contributed by atoms with Crippen molar-refractivity contribution < 1.29 is 13.2 Å². The SMILES string of the molecule is Nc1ncc(C#CCCS)cc1C(F)(F)F. The van der Waals surface area contributed by atoms with E-state index in [9.17, 15) is 13.2 Å². The lowest BCUT2D eigenvalue weighted by molar-refractivity contribution is -0.137. The van der Waals surface area contributed by atoms with Gasteiger partial charge < -0.3 is 5.73 Å². The monoisotopic (exact) mass is 246 g/mol. The predicted molar refractivity (Wildman–Crippen MR) is 59.0 cm³/mol. The number of hydrogen-bond acceptors (Lipinski definition) is 3. The minimum atomic E-state index is -4.50. The molecule has 0 fully saturated rings. The zero-order valence-electron chi connectivity index (χ0n) is 8.17. The van der Waals surface area contributed by atoms with Crippen LogP contribution >= 0.6 is 12.6 Å². The molecule has 2 N–H and O–H groups in total. The summed E-state index contributed by atoms with van der Waals surface area (Å²) in [6.45, 7) is 0. The number of alkyl halides is 3. The van der Waals surface area contributed by atoms with Crippen molar-refractivity contribution in [1.29, 1.82) is 0 Å². The molecule has 0 saturated heterocycles. The topological polar surface area (TPSA) is 38.9 Å². The smallest absolute Gasteiger partial charge is 0.383 e. The summed E-state index contributed by atoms with van der Waals surface area (Å²) in [5.74, 6) is 5.27. The van der Waals surface area contributed by atoms with Gasteiger partial charge in [-0.05, 0) is 6.07 Å². The number of rotatable bonds is 1. The summed E-state index contributed by atoms with van der Waals surface area (Å²) in [5.41, 5.74) is 4.38. The van der Waals surface area contributed by atoms with Gasteiger partial charge in [0, 0.05) is 23.9 Å². The van der Waals surface area contributed by atoms with E-state index < -0.39 is 17.6 Å². The molecule has 2 nitrogen and oxygen atoms in total. The fraction of sp³-hybridized carbons (Fsp3) is 0.300. The molecule has 0 atom stereocenters. The molecule has 0 bridgehead atoms. The molecule has 0 aliphatic carbocycles. The maximum absolute atomic E-state index is 12.4. The van der Waals surface area contributed by atoms with Crippen molar-refractivity contribution in [2.24, 2.45) is 0 Å². The lowest BCUT2D eigenvalue weighted by atomic mass is 10.2. The van der Waals surface area contributed by atoms with Crippen molar-refractivity contribution in [3.8, 4) is 11.8 Å². The molecule has 0 spiro atoms. The molecule has 1 aromatic heterocycles. The second-order valence-corrected chi connectivity index (χ2v) is 3.38. The zero-order valence-corrected chi connectivity index (χ0v) is 9.07. The van der Waals surface area contributed by atoms with Crippen LogP contribution in [0.2, 0.25) is 0 Å². The van der Waals surface area contributed by atoms with E-state index in [1.54, 1.807) is 0 Å². The van der Waals surface area contributed by atoms with Gasteiger partial charge in [0.05, 0.1) is 5.56 Å². The fourth-order valence-corrected chi connectivity index (χ4v) is 1.10. The average molecular weight is 246 g/mol. The number of nitrogen functional groups attached to an aromatic ring is 1. The van der Waals surface area contributed by atoms with Gasteiger partial charge >= 0.3 is 6.18 Å². The van der Waals surface area contributed by atoms with Gasteiger partial charge in [-0.3, -0.25) is 0 Å². The molecule has 6 heteroatoms.